The maximum atomic E-state index is 14.2. The van der Waals surface area contributed by atoms with Crippen molar-refractivity contribution in [2.75, 3.05) is 0 Å². The van der Waals surface area contributed by atoms with Crippen LogP contribution in [0.25, 0.3) is 28.0 Å². The van der Waals surface area contributed by atoms with Gasteiger partial charge in [0.1, 0.15) is 45.4 Å². The highest BCUT2D eigenvalue weighted by molar-refractivity contribution is 5.96. The van der Waals surface area contributed by atoms with Gasteiger partial charge in [-0.25, -0.2) is 9.59 Å². The third-order valence-corrected chi connectivity index (χ3v) is 9.35. The summed E-state index contributed by atoms with van der Waals surface area (Å²) >= 11 is 0. The monoisotopic (exact) mass is 624 g/mol. The first kappa shape index (κ1) is 31.3. The van der Waals surface area contributed by atoms with Gasteiger partial charge in [-0.15, -0.1) is 13.2 Å². The van der Waals surface area contributed by atoms with Gasteiger partial charge >= 0.3 is 11.3 Å². The molecule has 0 bridgehead atoms. The molecule has 2 N–H and O–H groups in total. The van der Waals surface area contributed by atoms with Crippen LogP contribution in [-0.2, 0) is 10.8 Å². The number of aromatic hydroxyl groups is 2. The topological polar surface area (TPSA) is 119 Å². The summed E-state index contributed by atoms with van der Waals surface area (Å²) in [5.41, 5.74) is -1.56. The smallest absolute Gasteiger partial charge is 0.340 e. The van der Waals surface area contributed by atoms with Gasteiger partial charge in [0.05, 0.1) is 16.3 Å². The zero-order chi connectivity index (χ0) is 33.7. The van der Waals surface area contributed by atoms with Gasteiger partial charge in [-0.1, -0.05) is 39.8 Å². The van der Waals surface area contributed by atoms with Crippen molar-refractivity contribution in [1.82, 2.24) is 0 Å². The molecule has 0 radical (unpaired) electrons. The summed E-state index contributed by atoms with van der Waals surface area (Å²) in [5, 5.41) is 24.1. The zero-order valence-electron chi connectivity index (χ0n) is 27.6. The Bertz CT molecular complexity index is 2130. The van der Waals surface area contributed by atoms with Crippen molar-refractivity contribution in [1.29, 1.82) is 0 Å². The SMILES string of the molecule is C=CC(C)(C)c1c2c(c(O)c3cc([C@H]4CC(C)(C)Oc5c4c(O)c4ccc(=O)oc4c5C(C)(C)C=C)c(=O)oc13)C=CC(C)(C)O2. The molecule has 0 amide bonds. The molecule has 8 heteroatoms. The molecule has 0 aliphatic carbocycles. The minimum Gasteiger partial charge on any atom is -0.507 e. The van der Waals surface area contributed by atoms with E-state index in [1.807, 2.05) is 67.5 Å². The Morgan fingerprint density at radius 3 is 2.09 bits per heavy atom. The first-order chi connectivity index (χ1) is 21.3. The van der Waals surface area contributed by atoms with E-state index in [-0.39, 0.29) is 28.2 Å². The number of phenols is 2. The van der Waals surface area contributed by atoms with Crippen LogP contribution >= 0.6 is 0 Å². The quantitative estimate of drug-likeness (QED) is 0.169. The van der Waals surface area contributed by atoms with Crippen molar-refractivity contribution in [3.05, 3.63) is 98.2 Å². The fourth-order valence-electron chi connectivity index (χ4n) is 6.68. The lowest BCUT2D eigenvalue weighted by molar-refractivity contribution is 0.0739. The molecule has 0 saturated heterocycles. The molecule has 46 heavy (non-hydrogen) atoms. The third-order valence-electron chi connectivity index (χ3n) is 9.35. The van der Waals surface area contributed by atoms with Crippen LogP contribution in [0.1, 0.15) is 95.5 Å². The normalized spacial score (nSPS) is 18.4. The first-order valence-electron chi connectivity index (χ1n) is 15.4. The lowest BCUT2D eigenvalue weighted by atomic mass is 9.74. The van der Waals surface area contributed by atoms with Gasteiger partial charge in [-0.3, -0.25) is 0 Å². The van der Waals surface area contributed by atoms with Crippen LogP contribution in [0.15, 0.2) is 68.0 Å². The molecule has 240 valence electrons. The van der Waals surface area contributed by atoms with Crippen molar-refractivity contribution in [3.8, 4) is 23.0 Å². The summed E-state index contributed by atoms with van der Waals surface area (Å²) in [5.74, 6) is -0.231. The van der Waals surface area contributed by atoms with E-state index in [9.17, 15) is 19.8 Å². The summed E-state index contributed by atoms with van der Waals surface area (Å²) in [6, 6.07) is 4.40. The van der Waals surface area contributed by atoms with E-state index < -0.39 is 39.2 Å². The van der Waals surface area contributed by atoms with Gasteiger partial charge in [-0.05, 0) is 58.4 Å². The zero-order valence-corrected chi connectivity index (χ0v) is 27.6. The van der Waals surface area contributed by atoms with Gasteiger partial charge in [0.2, 0.25) is 0 Å². The highest BCUT2D eigenvalue weighted by Crippen LogP contribution is 2.56. The molecular weight excluding hydrogens is 584 g/mol. The fourth-order valence-corrected chi connectivity index (χ4v) is 6.68. The second-order valence-corrected chi connectivity index (χ2v) is 14.7. The Kier molecular flexibility index (Phi) is 6.72. The minimum absolute atomic E-state index is 0.0881. The largest absolute Gasteiger partial charge is 0.507 e. The van der Waals surface area contributed by atoms with Crippen LogP contribution in [0.3, 0.4) is 0 Å². The third kappa shape index (κ3) is 4.65. The molecular formula is C38H40O8. The minimum atomic E-state index is -0.823. The standard InChI is InChI=1S/C38H40O8/c1-11-35(3,4)26-31-22(28(40)20-15-16-37(7,8)45-32(20)26)17-21(34(42)44-31)23-18-38(9,10)46-33-25(23)29(41)19-13-14-24(39)43-30(19)27(33)36(5,6)12-2/h11-17,23,40-41H,1-2,18H2,3-10H3/t23-/m1/s1. The Balaban J connectivity index is 1.73. The predicted octanol–water partition coefficient (Wildman–Crippen LogP) is 8.12. The van der Waals surface area contributed by atoms with Crippen LogP contribution in [0, 0.1) is 0 Å². The van der Waals surface area contributed by atoms with Gasteiger partial charge in [0, 0.05) is 45.1 Å². The molecule has 0 saturated carbocycles. The Morgan fingerprint density at radius 2 is 1.46 bits per heavy atom. The Hall–Kier alpha value is -4.72. The summed E-state index contributed by atoms with van der Waals surface area (Å²) < 4.78 is 24.8. The van der Waals surface area contributed by atoms with E-state index >= 15 is 0 Å². The van der Waals surface area contributed by atoms with Gasteiger partial charge in [0.15, 0.2) is 0 Å². The van der Waals surface area contributed by atoms with E-state index in [2.05, 4.69) is 13.2 Å². The number of fused-ring (bicyclic) bond motifs is 4. The molecule has 8 nitrogen and oxygen atoms in total. The second-order valence-electron chi connectivity index (χ2n) is 14.7. The fraction of sp³-hybridized carbons (Fsp3) is 0.368. The van der Waals surface area contributed by atoms with Gasteiger partial charge in [0.25, 0.3) is 0 Å². The molecule has 2 aromatic heterocycles. The van der Waals surface area contributed by atoms with Crippen molar-refractivity contribution in [2.45, 2.75) is 89.8 Å². The second kappa shape index (κ2) is 9.89. The molecule has 4 aromatic rings. The number of hydrogen-bond donors (Lipinski definition) is 2. The van der Waals surface area contributed by atoms with Crippen molar-refractivity contribution < 1.29 is 28.5 Å². The van der Waals surface area contributed by atoms with Crippen LogP contribution in [-0.4, -0.2) is 21.4 Å². The van der Waals surface area contributed by atoms with E-state index in [4.69, 9.17) is 18.3 Å². The lowest BCUT2D eigenvalue weighted by Crippen LogP contribution is -2.38. The average molecular weight is 625 g/mol. The summed E-state index contributed by atoms with van der Waals surface area (Å²) in [6.45, 7) is 23.3. The number of phenolic OH excluding ortho intramolecular Hbond substituents is 2. The Labute approximate surface area is 267 Å². The first-order valence-corrected chi connectivity index (χ1v) is 15.4. The maximum Gasteiger partial charge on any atom is 0.340 e. The van der Waals surface area contributed by atoms with Crippen molar-refractivity contribution in [3.63, 3.8) is 0 Å². The van der Waals surface area contributed by atoms with E-state index in [0.29, 0.717) is 50.9 Å². The molecule has 0 fully saturated rings. The number of ether oxygens (including phenoxy) is 2. The Morgan fingerprint density at radius 1 is 0.848 bits per heavy atom. The van der Waals surface area contributed by atoms with Crippen molar-refractivity contribution in [2.24, 2.45) is 0 Å². The number of benzene rings is 2. The van der Waals surface area contributed by atoms with E-state index in [1.54, 1.807) is 18.2 Å². The van der Waals surface area contributed by atoms with Gasteiger partial charge < -0.3 is 28.5 Å². The number of allylic oxidation sites excluding steroid dienone is 2. The molecule has 2 aliphatic rings. The highest BCUT2D eigenvalue weighted by atomic mass is 16.5. The molecule has 2 aromatic carbocycles. The van der Waals surface area contributed by atoms with Gasteiger partial charge in [-0.2, -0.15) is 0 Å². The number of rotatable bonds is 5. The average Bonchev–Trinajstić information content (AvgIpc) is 2.95. The van der Waals surface area contributed by atoms with E-state index in [0.717, 1.165) is 0 Å². The van der Waals surface area contributed by atoms with Crippen molar-refractivity contribution >= 4 is 28.0 Å². The maximum absolute atomic E-state index is 14.2. The molecule has 2 aliphatic heterocycles. The number of hydrogen-bond acceptors (Lipinski definition) is 8. The van der Waals surface area contributed by atoms with Crippen LogP contribution in [0.5, 0.6) is 23.0 Å². The molecule has 6 rings (SSSR count). The summed E-state index contributed by atoms with van der Waals surface area (Å²) in [7, 11) is 0. The molecule has 0 unspecified atom stereocenters. The van der Waals surface area contributed by atoms with Crippen LogP contribution in [0.4, 0.5) is 0 Å². The highest BCUT2D eigenvalue weighted by Gasteiger charge is 2.44. The molecule has 0 spiro atoms. The molecule has 1 atom stereocenters. The van der Waals surface area contributed by atoms with Crippen LogP contribution < -0.4 is 20.7 Å². The van der Waals surface area contributed by atoms with E-state index in [1.165, 1.54) is 12.1 Å². The lowest BCUT2D eigenvalue weighted by Gasteiger charge is -2.41. The summed E-state index contributed by atoms with van der Waals surface area (Å²) in [4.78, 5) is 26.5. The summed E-state index contributed by atoms with van der Waals surface area (Å²) in [6.07, 6.45) is 7.46. The predicted molar refractivity (Wildman–Crippen MR) is 180 cm³/mol. The van der Waals surface area contributed by atoms with Crippen LogP contribution in [0.2, 0.25) is 0 Å². The molecule has 4 heterocycles.